The van der Waals surface area contributed by atoms with Gasteiger partial charge in [0.2, 0.25) is 5.91 Å². The van der Waals surface area contributed by atoms with Gasteiger partial charge in [0, 0.05) is 13.2 Å². The third-order valence-electron chi connectivity index (χ3n) is 2.46. The first-order valence-corrected chi connectivity index (χ1v) is 6.27. The molecule has 0 aromatic heterocycles. The minimum absolute atomic E-state index is 0.165. The Bertz CT molecular complexity index is 329. The van der Waals surface area contributed by atoms with Gasteiger partial charge in [-0.3, -0.25) is 4.79 Å². The van der Waals surface area contributed by atoms with Crippen molar-refractivity contribution in [3.8, 4) is 0 Å². The summed E-state index contributed by atoms with van der Waals surface area (Å²) in [7, 11) is 0. The molecule has 0 bridgehead atoms. The minimum Gasteiger partial charge on any atom is -0.396 e. The first-order chi connectivity index (χ1) is 8.25. The first kappa shape index (κ1) is 14.0. The molecule has 94 valence electrons. The van der Waals surface area contributed by atoms with Crippen LogP contribution in [0.4, 0.5) is 0 Å². The van der Waals surface area contributed by atoms with Crippen LogP contribution in [0.15, 0.2) is 30.3 Å². The van der Waals surface area contributed by atoms with E-state index in [4.69, 9.17) is 16.7 Å². The third kappa shape index (κ3) is 5.20. The fraction of sp³-hybridized carbons (Fsp3) is 0.462. The van der Waals surface area contributed by atoms with Gasteiger partial charge in [-0.1, -0.05) is 30.3 Å². The summed E-state index contributed by atoms with van der Waals surface area (Å²) in [6.07, 6.45) is 2.55. The molecule has 0 saturated carbocycles. The van der Waals surface area contributed by atoms with Crippen LogP contribution in [-0.2, 0) is 4.79 Å². The standard InChI is InChI=1S/C13H18ClNO2/c14-12(11-7-3-1-4-8-11)13(17)15-9-5-2-6-10-16/h1,3-4,7-8,12,16H,2,5-6,9-10H2,(H,15,17). The molecule has 4 heteroatoms. The van der Waals surface area contributed by atoms with Crippen LogP contribution in [0.1, 0.15) is 30.2 Å². The van der Waals surface area contributed by atoms with E-state index in [9.17, 15) is 4.79 Å². The van der Waals surface area contributed by atoms with Crippen LogP contribution in [0.3, 0.4) is 0 Å². The number of carbonyl (C=O) groups excluding carboxylic acids is 1. The van der Waals surface area contributed by atoms with E-state index in [1.807, 2.05) is 30.3 Å². The number of unbranched alkanes of at least 4 members (excludes halogenated alkanes) is 2. The summed E-state index contributed by atoms with van der Waals surface area (Å²) in [6, 6.07) is 9.28. The van der Waals surface area contributed by atoms with E-state index in [2.05, 4.69) is 5.32 Å². The van der Waals surface area contributed by atoms with Gasteiger partial charge in [0.1, 0.15) is 5.38 Å². The number of rotatable bonds is 7. The van der Waals surface area contributed by atoms with E-state index in [0.29, 0.717) is 6.54 Å². The SMILES string of the molecule is O=C(NCCCCCO)C(Cl)c1ccccc1. The molecule has 0 radical (unpaired) electrons. The largest absolute Gasteiger partial charge is 0.396 e. The van der Waals surface area contributed by atoms with E-state index in [-0.39, 0.29) is 12.5 Å². The van der Waals surface area contributed by atoms with Gasteiger partial charge in [-0.2, -0.15) is 0 Å². The maximum Gasteiger partial charge on any atom is 0.242 e. The Balaban J connectivity index is 2.28. The van der Waals surface area contributed by atoms with E-state index < -0.39 is 5.38 Å². The van der Waals surface area contributed by atoms with Crippen molar-refractivity contribution in [3.63, 3.8) is 0 Å². The smallest absolute Gasteiger partial charge is 0.242 e. The van der Waals surface area contributed by atoms with Crippen LogP contribution in [-0.4, -0.2) is 24.2 Å². The van der Waals surface area contributed by atoms with Crippen molar-refractivity contribution in [2.75, 3.05) is 13.2 Å². The molecule has 1 aromatic rings. The Morgan fingerprint density at radius 1 is 1.24 bits per heavy atom. The number of halogens is 1. The second-order valence-corrected chi connectivity index (χ2v) is 4.28. The molecule has 0 saturated heterocycles. The molecule has 17 heavy (non-hydrogen) atoms. The normalized spacial score (nSPS) is 12.1. The molecule has 1 atom stereocenters. The van der Waals surface area contributed by atoms with Crippen LogP contribution < -0.4 is 5.32 Å². The quantitative estimate of drug-likeness (QED) is 0.580. The van der Waals surface area contributed by atoms with E-state index in [1.54, 1.807) is 0 Å². The molecule has 1 unspecified atom stereocenters. The lowest BCUT2D eigenvalue weighted by molar-refractivity contribution is -0.120. The maximum absolute atomic E-state index is 11.7. The zero-order chi connectivity index (χ0) is 12.5. The number of alkyl halides is 1. The number of aliphatic hydroxyl groups excluding tert-OH is 1. The number of carbonyl (C=O) groups is 1. The third-order valence-corrected chi connectivity index (χ3v) is 2.91. The molecule has 0 aliphatic carbocycles. The van der Waals surface area contributed by atoms with Crippen molar-refractivity contribution in [1.29, 1.82) is 0 Å². The molecule has 1 rings (SSSR count). The van der Waals surface area contributed by atoms with Gasteiger partial charge in [-0.05, 0) is 24.8 Å². The highest BCUT2D eigenvalue weighted by Gasteiger charge is 2.16. The molecule has 0 spiro atoms. The molecule has 0 heterocycles. The zero-order valence-electron chi connectivity index (χ0n) is 9.73. The Labute approximate surface area is 107 Å². The van der Waals surface area contributed by atoms with Gasteiger partial charge < -0.3 is 10.4 Å². The number of benzene rings is 1. The van der Waals surface area contributed by atoms with Crippen molar-refractivity contribution in [3.05, 3.63) is 35.9 Å². The lowest BCUT2D eigenvalue weighted by Gasteiger charge is -2.10. The highest BCUT2D eigenvalue weighted by molar-refractivity contribution is 6.30. The van der Waals surface area contributed by atoms with Gasteiger partial charge in [0.25, 0.3) is 0 Å². The molecule has 1 amide bonds. The van der Waals surface area contributed by atoms with Crippen molar-refractivity contribution in [1.82, 2.24) is 5.32 Å². The summed E-state index contributed by atoms with van der Waals surface area (Å²) in [4.78, 5) is 11.7. The summed E-state index contributed by atoms with van der Waals surface area (Å²) >= 11 is 6.04. The van der Waals surface area contributed by atoms with E-state index in [0.717, 1.165) is 24.8 Å². The average molecular weight is 256 g/mol. The van der Waals surface area contributed by atoms with Crippen LogP contribution in [0, 0.1) is 0 Å². The second-order valence-electron chi connectivity index (χ2n) is 3.85. The van der Waals surface area contributed by atoms with E-state index >= 15 is 0 Å². The fourth-order valence-electron chi connectivity index (χ4n) is 1.49. The van der Waals surface area contributed by atoms with Gasteiger partial charge in [0.05, 0.1) is 0 Å². The number of hydrogen-bond donors (Lipinski definition) is 2. The molecular formula is C13H18ClNO2. The molecule has 0 fully saturated rings. The Hall–Kier alpha value is -1.06. The Morgan fingerprint density at radius 3 is 2.59 bits per heavy atom. The lowest BCUT2D eigenvalue weighted by Crippen LogP contribution is -2.27. The van der Waals surface area contributed by atoms with Crippen molar-refractivity contribution < 1.29 is 9.90 Å². The molecule has 3 nitrogen and oxygen atoms in total. The first-order valence-electron chi connectivity index (χ1n) is 5.83. The Morgan fingerprint density at radius 2 is 1.94 bits per heavy atom. The van der Waals surface area contributed by atoms with E-state index in [1.165, 1.54) is 0 Å². The van der Waals surface area contributed by atoms with Crippen molar-refractivity contribution in [2.24, 2.45) is 0 Å². The predicted molar refractivity (Wildman–Crippen MR) is 69.0 cm³/mol. The van der Waals surface area contributed by atoms with Crippen LogP contribution in [0.5, 0.6) is 0 Å². The number of aliphatic hydroxyl groups is 1. The number of hydrogen-bond acceptors (Lipinski definition) is 2. The highest BCUT2D eigenvalue weighted by atomic mass is 35.5. The Kier molecular flexibility index (Phi) is 6.67. The van der Waals surface area contributed by atoms with Crippen molar-refractivity contribution in [2.45, 2.75) is 24.6 Å². The van der Waals surface area contributed by atoms with Crippen LogP contribution >= 0.6 is 11.6 Å². The topological polar surface area (TPSA) is 49.3 Å². The van der Waals surface area contributed by atoms with Crippen molar-refractivity contribution >= 4 is 17.5 Å². The second kappa shape index (κ2) is 8.09. The monoisotopic (exact) mass is 255 g/mol. The predicted octanol–water partition coefficient (Wildman–Crippen LogP) is 2.25. The van der Waals surface area contributed by atoms with Gasteiger partial charge in [-0.15, -0.1) is 11.6 Å². The summed E-state index contributed by atoms with van der Waals surface area (Å²) in [5, 5.41) is 10.8. The highest BCUT2D eigenvalue weighted by Crippen LogP contribution is 2.19. The number of nitrogens with one attached hydrogen (secondary N) is 1. The van der Waals surface area contributed by atoms with Crippen LogP contribution in [0.25, 0.3) is 0 Å². The van der Waals surface area contributed by atoms with Gasteiger partial charge in [-0.25, -0.2) is 0 Å². The summed E-state index contributed by atoms with van der Waals surface area (Å²) in [5.74, 6) is -0.165. The summed E-state index contributed by atoms with van der Waals surface area (Å²) in [5.41, 5.74) is 0.807. The van der Waals surface area contributed by atoms with Gasteiger partial charge in [0.15, 0.2) is 0 Å². The molecule has 1 aromatic carbocycles. The average Bonchev–Trinajstić information content (AvgIpc) is 2.38. The molecular weight excluding hydrogens is 238 g/mol. The molecule has 0 aliphatic rings. The lowest BCUT2D eigenvalue weighted by atomic mass is 10.1. The molecule has 0 aliphatic heterocycles. The zero-order valence-corrected chi connectivity index (χ0v) is 10.5. The summed E-state index contributed by atoms with van der Waals surface area (Å²) < 4.78 is 0. The number of amides is 1. The fourth-order valence-corrected chi connectivity index (χ4v) is 1.71. The maximum atomic E-state index is 11.7. The van der Waals surface area contributed by atoms with Crippen LogP contribution in [0.2, 0.25) is 0 Å². The van der Waals surface area contributed by atoms with Gasteiger partial charge >= 0.3 is 0 Å². The summed E-state index contributed by atoms with van der Waals surface area (Å²) in [6.45, 7) is 0.810. The minimum atomic E-state index is -0.631. The molecule has 2 N–H and O–H groups in total.